The quantitative estimate of drug-likeness (QED) is 0.425. The minimum atomic E-state index is -0.948. The van der Waals surface area contributed by atoms with Crippen LogP contribution in [0.2, 0.25) is 0 Å². The Balaban J connectivity index is 1.54. The van der Waals surface area contributed by atoms with Crippen molar-refractivity contribution >= 4 is 0 Å². The summed E-state index contributed by atoms with van der Waals surface area (Å²) in [7, 11) is 0. The molecule has 0 aromatic heterocycles. The third kappa shape index (κ3) is 5.94. The van der Waals surface area contributed by atoms with Crippen molar-refractivity contribution in [3.8, 4) is 22.6 Å². The fourth-order valence-corrected chi connectivity index (χ4v) is 3.67. The van der Waals surface area contributed by atoms with Crippen LogP contribution in [0.5, 0.6) is 11.5 Å². The minimum absolute atomic E-state index is 0.0512. The van der Waals surface area contributed by atoms with Gasteiger partial charge in [-0.15, -0.1) is 0 Å². The van der Waals surface area contributed by atoms with Gasteiger partial charge in [0.15, 0.2) is 11.6 Å². The molecule has 1 fully saturated rings. The molecule has 1 saturated heterocycles. The van der Waals surface area contributed by atoms with Gasteiger partial charge in [-0.3, -0.25) is 0 Å². The van der Waals surface area contributed by atoms with E-state index in [1.54, 1.807) is 30.3 Å². The van der Waals surface area contributed by atoms with E-state index in [0.29, 0.717) is 30.8 Å². The van der Waals surface area contributed by atoms with E-state index >= 15 is 0 Å². The van der Waals surface area contributed by atoms with Gasteiger partial charge < -0.3 is 14.2 Å². The molecule has 2 aromatic rings. The molecular formula is C25H32F2O3. The second kappa shape index (κ2) is 11.3. The maximum absolute atomic E-state index is 14.5. The van der Waals surface area contributed by atoms with Crippen LogP contribution >= 0.6 is 0 Å². The summed E-state index contributed by atoms with van der Waals surface area (Å²) in [5.41, 5.74) is 0.808. The molecule has 0 aliphatic carbocycles. The van der Waals surface area contributed by atoms with Gasteiger partial charge in [-0.25, -0.2) is 4.39 Å². The largest absolute Gasteiger partial charge is 0.493 e. The Morgan fingerprint density at radius 2 is 1.73 bits per heavy atom. The highest BCUT2D eigenvalue weighted by Crippen LogP contribution is 2.31. The fourth-order valence-electron chi connectivity index (χ4n) is 3.67. The summed E-state index contributed by atoms with van der Waals surface area (Å²) in [6.07, 6.45) is 6.91. The summed E-state index contributed by atoms with van der Waals surface area (Å²) >= 11 is 0. The molecule has 1 aliphatic heterocycles. The summed E-state index contributed by atoms with van der Waals surface area (Å²) in [4.78, 5) is 0. The maximum atomic E-state index is 14.5. The highest BCUT2D eigenvalue weighted by Gasteiger charge is 2.22. The van der Waals surface area contributed by atoms with E-state index in [-0.39, 0.29) is 11.3 Å². The Bertz CT molecular complexity index is 784. The molecule has 5 heteroatoms. The first-order valence-electron chi connectivity index (χ1n) is 11.1. The van der Waals surface area contributed by atoms with Gasteiger partial charge in [-0.2, -0.15) is 4.39 Å². The Morgan fingerprint density at radius 1 is 0.933 bits per heavy atom. The van der Waals surface area contributed by atoms with Crippen molar-refractivity contribution < 1.29 is 23.0 Å². The number of hydrogen-bond acceptors (Lipinski definition) is 3. The second-order valence-corrected chi connectivity index (χ2v) is 7.96. The first-order chi connectivity index (χ1) is 14.6. The minimum Gasteiger partial charge on any atom is -0.493 e. The van der Waals surface area contributed by atoms with Gasteiger partial charge in [0.25, 0.3) is 0 Å². The van der Waals surface area contributed by atoms with Crippen LogP contribution < -0.4 is 9.47 Å². The summed E-state index contributed by atoms with van der Waals surface area (Å²) in [6, 6.07) is 10.1. The van der Waals surface area contributed by atoms with Gasteiger partial charge in [0.2, 0.25) is 5.82 Å². The number of hydrogen-bond donors (Lipinski definition) is 0. The fraction of sp³-hybridized carbons (Fsp3) is 0.520. The van der Waals surface area contributed by atoms with E-state index in [1.165, 1.54) is 18.9 Å². The van der Waals surface area contributed by atoms with Crippen molar-refractivity contribution in [1.82, 2.24) is 0 Å². The van der Waals surface area contributed by atoms with Crippen molar-refractivity contribution in [2.45, 2.75) is 58.5 Å². The van der Waals surface area contributed by atoms with Crippen molar-refractivity contribution in [3.63, 3.8) is 0 Å². The number of benzene rings is 2. The molecule has 1 heterocycles. The molecule has 0 amide bonds. The van der Waals surface area contributed by atoms with Crippen molar-refractivity contribution in [1.29, 1.82) is 0 Å². The summed E-state index contributed by atoms with van der Waals surface area (Å²) in [5, 5.41) is 0. The molecule has 2 unspecified atom stereocenters. The number of unbranched alkanes of at least 4 members (excludes halogenated alkanes) is 1. The summed E-state index contributed by atoms with van der Waals surface area (Å²) in [5.74, 6) is -0.782. The first kappa shape index (κ1) is 22.5. The smallest absolute Gasteiger partial charge is 0.201 e. The molecule has 0 radical (unpaired) electrons. The van der Waals surface area contributed by atoms with Crippen molar-refractivity contribution in [3.05, 3.63) is 48.0 Å². The Labute approximate surface area is 178 Å². The van der Waals surface area contributed by atoms with Gasteiger partial charge in [0.1, 0.15) is 5.75 Å². The zero-order valence-electron chi connectivity index (χ0n) is 18.0. The van der Waals surface area contributed by atoms with E-state index in [4.69, 9.17) is 14.2 Å². The van der Waals surface area contributed by atoms with E-state index in [0.717, 1.165) is 38.0 Å². The van der Waals surface area contributed by atoms with Crippen LogP contribution in [0.4, 0.5) is 8.78 Å². The molecule has 3 rings (SSSR count). The topological polar surface area (TPSA) is 27.7 Å². The zero-order chi connectivity index (χ0) is 21.3. The molecule has 0 bridgehead atoms. The van der Waals surface area contributed by atoms with E-state index in [9.17, 15) is 8.78 Å². The van der Waals surface area contributed by atoms with Gasteiger partial charge >= 0.3 is 0 Å². The Hall–Kier alpha value is -2.14. The number of rotatable bonds is 10. The predicted octanol–water partition coefficient (Wildman–Crippen LogP) is 6.78. The molecular weight excluding hydrogens is 386 g/mol. The zero-order valence-corrected chi connectivity index (χ0v) is 18.0. The molecule has 0 spiro atoms. The lowest BCUT2D eigenvalue weighted by Gasteiger charge is -2.29. The number of halogens is 2. The van der Waals surface area contributed by atoms with Crippen LogP contribution in [0.3, 0.4) is 0 Å². The van der Waals surface area contributed by atoms with Crippen LogP contribution in [-0.2, 0) is 4.74 Å². The monoisotopic (exact) mass is 418 g/mol. The van der Waals surface area contributed by atoms with E-state index in [1.807, 2.05) is 6.92 Å². The standard InChI is InChI=1S/C25H32F2O3/c1-3-5-6-20-10-7-18(16-29-20)17-30-21-11-8-19(9-12-21)22-13-14-23(28-15-4-2)25(27)24(22)26/h8-9,11-14,18,20H,3-7,10,15-17H2,1-2H3. The number of ether oxygens (including phenoxy) is 3. The van der Waals surface area contributed by atoms with Crippen LogP contribution in [0.15, 0.2) is 36.4 Å². The third-order valence-corrected chi connectivity index (χ3v) is 5.50. The molecule has 1 aliphatic rings. The molecule has 2 atom stereocenters. The van der Waals surface area contributed by atoms with Gasteiger partial charge in [-0.1, -0.05) is 38.8 Å². The molecule has 164 valence electrons. The molecule has 0 saturated carbocycles. The van der Waals surface area contributed by atoms with Crippen LogP contribution in [0.25, 0.3) is 11.1 Å². The lowest BCUT2D eigenvalue weighted by Crippen LogP contribution is -2.29. The summed E-state index contributed by atoms with van der Waals surface area (Å²) in [6.45, 7) is 5.81. The predicted molar refractivity (Wildman–Crippen MR) is 115 cm³/mol. The third-order valence-electron chi connectivity index (χ3n) is 5.50. The Kier molecular flexibility index (Phi) is 8.50. The van der Waals surface area contributed by atoms with Crippen molar-refractivity contribution in [2.75, 3.05) is 19.8 Å². The maximum Gasteiger partial charge on any atom is 0.201 e. The first-order valence-corrected chi connectivity index (χ1v) is 11.1. The van der Waals surface area contributed by atoms with E-state index < -0.39 is 11.6 Å². The van der Waals surface area contributed by atoms with Crippen molar-refractivity contribution in [2.24, 2.45) is 5.92 Å². The highest BCUT2D eigenvalue weighted by molar-refractivity contribution is 5.66. The molecule has 30 heavy (non-hydrogen) atoms. The average molecular weight is 419 g/mol. The molecule has 0 N–H and O–H groups in total. The average Bonchev–Trinajstić information content (AvgIpc) is 2.78. The van der Waals surface area contributed by atoms with Crippen LogP contribution in [0, 0.1) is 17.6 Å². The molecule has 3 nitrogen and oxygen atoms in total. The highest BCUT2D eigenvalue weighted by atomic mass is 19.2. The lowest BCUT2D eigenvalue weighted by atomic mass is 9.96. The van der Waals surface area contributed by atoms with Crippen LogP contribution in [-0.4, -0.2) is 25.9 Å². The van der Waals surface area contributed by atoms with Crippen LogP contribution in [0.1, 0.15) is 52.4 Å². The SMILES string of the molecule is CCCCC1CCC(COc2ccc(-c3ccc(OCCC)c(F)c3F)cc2)CO1. The van der Waals surface area contributed by atoms with E-state index in [2.05, 4.69) is 6.92 Å². The lowest BCUT2D eigenvalue weighted by molar-refractivity contribution is -0.0312. The van der Waals surface area contributed by atoms with Gasteiger partial charge in [-0.05, 0) is 55.5 Å². The Morgan fingerprint density at radius 3 is 2.40 bits per heavy atom. The summed E-state index contributed by atoms with van der Waals surface area (Å²) < 4.78 is 45.8. The second-order valence-electron chi connectivity index (χ2n) is 7.96. The normalized spacial score (nSPS) is 18.9. The van der Waals surface area contributed by atoms with Gasteiger partial charge in [0, 0.05) is 11.5 Å². The molecule has 2 aromatic carbocycles. The van der Waals surface area contributed by atoms with Gasteiger partial charge in [0.05, 0.1) is 25.9 Å².